The minimum absolute atomic E-state index is 0.268. The number of ether oxygens (including phenoxy) is 1. The van der Waals surface area contributed by atoms with Gasteiger partial charge in [-0.2, -0.15) is 0 Å². The van der Waals surface area contributed by atoms with Crippen LogP contribution in [0.1, 0.15) is 17.4 Å². The first-order chi connectivity index (χ1) is 6.45. The number of rotatable bonds is 3. The van der Waals surface area contributed by atoms with Crippen LogP contribution < -0.4 is 5.38 Å². The van der Waals surface area contributed by atoms with Gasteiger partial charge in [-0.3, -0.25) is 0 Å². The lowest BCUT2D eigenvalue weighted by Crippen LogP contribution is -2.36. The Labute approximate surface area is 84.2 Å². The summed E-state index contributed by atoms with van der Waals surface area (Å²) in [6.45, 7) is 8.50. The van der Waals surface area contributed by atoms with Crippen LogP contribution >= 0.6 is 0 Å². The molecule has 0 bridgehead atoms. The summed E-state index contributed by atoms with van der Waals surface area (Å²) in [5.41, 5.74) is 0.268. The number of nitrogens with zero attached hydrogens (tertiary/aromatic N) is 1. The van der Waals surface area contributed by atoms with Gasteiger partial charge in [-0.25, -0.2) is 4.79 Å². The molecule has 0 amide bonds. The highest BCUT2D eigenvalue weighted by molar-refractivity contribution is 6.87. The molecule has 0 saturated heterocycles. The van der Waals surface area contributed by atoms with Gasteiger partial charge in [0.2, 0.25) is 0 Å². The molecule has 1 aromatic rings. The second-order valence-corrected chi connectivity index (χ2v) is 9.04. The standard InChI is InChI=1S/C9H15NO3Si/c1-5-12-9(11)7-6-8(13-10-7)14(2,3)4/h6H,5H2,1-4H3. The van der Waals surface area contributed by atoms with Crippen molar-refractivity contribution in [2.75, 3.05) is 6.61 Å². The lowest BCUT2D eigenvalue weighted by molar-refractivity contribution is 0.0514. The van der Waals surface area contributed by atoms with Gasteiger partial charge in [0.05, 0.1) is 6.61 Å². The molecule has 1 rings (SSSR count). The third-order valence-electron chi connectivity index (χ3n) is 1.73. The molecule has 4 nitrogen and oxygen atoms in total. The molecular formula is C9H15NO3Si. The lowest BCUT2D eigenvalue weighted by atomic mass is 10.4. The van der Waals surface area contributed by atoms with E-state index in [-0.39, 0.29) is 5.69 Å². The Morgan fingerprint density at radius 3 is 2.64 bits per heavy atom. The lowest BCUT2D eigenvalue weighted by Gasteiger charge is -2.08. The first kappa shape index (κ1) is 11.0. The molecule has 78 valence electrons. The summed E-state index contributed by atoms with van der Waals surface area (Å²) in [6, 6.07) is 1.68. The van der Waals surface area contributed by atoms with Crippen molar-refractivity contribution in [2.24, 2.45) is 0 Å². The van der Waals surface area contributed by atoms with Crippen LogP contribution in [0.3, 0.4) is 0 Å². The summed E-state index contributed by atoms with van der Waals surface area (Å²) in [5.74, 6) is -0.416. The summed E-state index contributed by atoms with van der Waals surface area (Å²) >= 11 is 0. The molecule has 0 aliphatic heterocycles. The monoisotopic (exact) mass is 213 g/mol. The molecule has 0 radical (unpaired) electrons. The summed E-state index contributed by atoms with van der Waals surface area (Å²) in [6.07, 6.45) is 0. The number of carbonyl (C=O) groups excluding carboxylic acids is 1. The van der Waals surface area contributed by atoms with Gasteiger partial charge < -0.3 is 9.26 Å². The highest BCUT2D eigenvalue weighted by atomic mass is 28.3. The summed E-state index contributed by atoms with van der Waals surface area (Å²) in [7, 11) is -1.52. The Morgan fingerprint density at radius 1 is 1.57 bits per heavy atom. The molecule has 14 heavy (non-hydrogen) atoms. The van der Waals surface area contributed by atoms with Crippen LogP contribution in [-0.4, -0.2) is 25.8 Å². The fourth-order valence-electron chi connectivity index (χ4n) is 0.930. The van der Waals surface area contributed by atoms with E-state index in [9.17, 15) is 4.79 Å². The Balaban J connectivity index is 2.83. The average molecular weight is 213 g/mol. The minimum Gasteiger partial charge on any atom is -0.461 e. The van der Waals surface area contributed by atoms with E-state index in [1.807, 2.05) is 0 Å². The second kappa shape index (κ2) is 3.96. The zero-order valence-corrected chi connectivity index (χ0v) is 9.96. The molecule has 0 atom stereocenters. The molecule has 0 fully saturated rings. The van der Waals surface area contributed by atoms with E-state index in [1.165, 1.54) is 0 Å². The normalized spacial score (nSPS) is 11.4. The van der Waals surface area contributed by atoms with Crippen molar-refractivity contribution in [3.05, 3.63) is 11.8 Å². The van der Waals surface area contributed by atoms with Gasteiger partial charge in [-0.1, -0.05) is 24.8 Å². The number of hydrogen-bond acceptors (Lipinski definition) is 4. The van der Waals surface area contributed by atoms with Gasteiger partial charge in [0.15, 0.2) is 5.69 Å². The summed E-state index contributed by atoms with van der Waals surface area (Å²) in [5, 5.41) is 4.51. The van der Waals surface area contributed by atoms with Gasteiger partial charge in [-0.05, 0) is 6.92 Å². The Kier molecular flexibility index (Phi) is 3.10. The van der Waals surface area contributed by atoms with Crippen LogP contribution in [0.4, 0.5) is 0 Å². The van der Waals surface area contributed by atoms with E-state index in [0.29, 0.717) is 6.61 Å². The Bertz CT molecular complexity index is 327. The fraction of sp³-hybridized carbons (Fsp3) is 0.556. The van der Waals surface area contributed by atoms with E-state index in [4.69, 9.17) is 9.26 Å². The Morgan fingerprint density at radius 2 is 2.21 bits per heavy atom. The molecule has 5 heteroatoms. The highest BCUT2D eigenvalue weighted by Gasteiger charge is 2.24. The molecule has 1 heterocycles. The highest BCUT2D eigenvalue weighted by Crippen LogP contribution is 2.04. The van der Waals surface area contributed by atoms with Gasteiger partial charge in [0, 0.05) is 6.07 Å². The zero-order chi connectivity index (χ0) is 10.8. The third kappa shape index (κ3) is 2.44. The SMILES string of the molecule is CCOC(=O)c1cc([Si](C)(C)C)on1. The van der Waals surface area contributed by atoms with Gasteiger partial charge in [0.1, 0.15) is 13.5 Å². The number of esters is 1. The molecule has 0 unspecified atom stereocenters. The van der Waals surface area contributed by atoms with Crippen LogP contribution in [0.25, 0.3) is 0 Å². The van der Waals surface area contributed by atoms with E-state index >= 15 is 0 Å². The molecule has 0 N–H and O–H groups in total. The van der Waals surface area contributed by atoms with Crippen molar-refractivity contribution >= 4 is 19.4 Å². The molecule has 0 spiro atoms. The zero-order valence-electron chi connectivity index (χ0n) is 8.96. The Hall–Kier alpha value is -1.10. The smallest absolute Gasteiger partial charge is 0.360 e. The van der Waals surface area contributed by atoms with Gasteiger partial charge in [0.25, 0.3) is 0 Å². The molecule has 0 aliphatic rings. The van der Waals surface area contributed by atoms with Crippen molar-refractivity contribution in [1.29, 1.82) is 0 Å². The predicted molar refractivity (Wildman–Crippen MR) is 55.4 cm³/mol. The van der Waals surface area contributed by atoms with Gasteiger partial charge in [-0.15, -0.1) is 0 Å². The molecular weight excluding hydrogens is 198 g/mol. The maximum atomic E-state index is 11.3. The summed E-state index contributed by atoms with van der Waals surface area (Å²) in [4.78, 5) is 11.3. The predicted octanol–water partition coefficient (Wildman–Crippen LogP) is 1.40. The molecule has 0 aromatic carbocycles. The maximum absolute atomic E-state index is 11.3. The van der Waals surface area contributed by atoms with Crippen molar-refractivity contribution < 1.29 is 14.1 Å². The molecule has 0 saturated carbocycles. The second-order valence-electron chi connectivity index (χ2n) is 4.05. The maximum Gasteiger partial charge on any atom is 0.360 e. The minimum atomic E-state index is -1.52. The van der Waals surface area contributed by atoms with Crippen molar-refractivity contribution in [2.45, 2.75) is 26.6 Å². The fourth-order valence-corrected chi connectivity index (χ4v) is 1.82. The van der Waals surface area contributed by atoms with Crippen LogP contribution in [0, 0.1) is 0 Å². The summed E-state index contributed by atoms with van der Waals surface area (Å²) < 4.78 is 9.92. The largest absolute Gasteiger partial charge is 0.461 e. The number of carbonyl (C=O) groups is 1. The number of hydrogen-bond donors (Lipinski definition) is 0. The van der Waals surface area contributed by atoms with Crippen molar-refractivity contribution in [3.8, 4) is 0 Å². The molecule has 0 aliphatic carbocycles. The number of aromatic nitrogens is 1. The molecule has 1 aromatic heterocycles. The van der Waals surface area contributed by atoms with Crippen LogP contribution in [0.5, 0.6) is 0 Å². The third-order valence-corrected chi connectivity index (χ3v) is 3.45. The van der Waals surface area contributed by atoms with E-state index in [0.717, 1.165) is 5.38 Å². The quantitative estimate of drug-likeness (QED) is 0.562. The first-order valence-corrected chi connectivity index (χ1v) is 8.09. The van der Waals surface area contributed by atoms with Crippen molar-refractivity contribution in [3.63, 3.8) is 0 Å². The van der Waals surface area contributed by atoms with E-state index < -0.39 is 14.0 Å². The van der Waals surface area contributed by atoms with Gasteiger partial charge >= 0.3 is 5.97 Å². The van der Waals surface area contributed by atoms with Crippen LogP contribution in [0.15, 0.2) is 10.6 Å². The topological polar surface area (TPSA) is 52.3 Å². The van der Waals surface area contributed by atoms with Crippen LogP contribution in [-0.2, 0) is 4.74 Å². The first-order valence-electron chi connectivity index (χ1n) is 4.59. The van der Waals surface area contributed by atoms with E-state index in [2.05, 4.69) is 24.8 Å². The van der Waals surface area contributed by atoms with E-state index in [1.54, 1.807) is 13.0 Å². The van der Waals surface area contributed by atoms with Crippen molar-refractivity contribution in [1.82, 2.24) is 5.16 Å². The average Bonchev–Trinajstić information content (AvgIpc) is 2.51. The van der Waals surface area contributed by atoms with Crippen LogP contribution in [0.2, 0.25) is 19.6 Å².